The van der Waals surface area contributed by atoms with Gasteiger partial charge in [-0.1, -0.05) is 17.7 Å². The first-order chi connectivity index (χ1) is 12.6. The fraction of sp³-hybridized carbons (Fsp3) is 0.471. The van der Waals surface area contributed by atoms with Crippen molar-refractivity contribution in [3.63, 3.8) is 0 Å². The SMILES string of the molecule is Cc1ccc(NC(=O)NC(=O)COC(=O)C2CCCN2S(C)(=O)=O)c(C)c1. The summed E-state index contributed by atoms with van der Waals surface area (Å²) in [5.74, 6) is -1.61. The lowest BCUT2D eigenvalue weighted by molar-refractivity contribution is -0.151. The highest BCUT2D eigenvalue weighted by Crippen LogP contribution is 2.21. The molecule has 1 saturated heterocycles. The van der Waals surface area contributed by atoms with Gasteiger partial charge < -0.3 is 10.1 Å². The molecule has 0 spiro atoms. The van der Waals surface area contributed by atoms with E-state index in [9.17, 15) is 22.8 Å². The molecule has 1 atom stereocenters. The molecule has 2 rings (SSSR count). The Balaban J connectivity index is 1.83. The number of rotatable bonds is 5. The van der Waals surface area contributed by atoms with Crippen molar-refractivity contribution in [3.8, 4) is 0 Å². The van der Waals surface area contributed by atoms with E-state index < -0.39 is 40.6 Å². The summed E-state index contributed by atoms with van der Waals surface area (Å²) in [7, 11) is -3.53. The van der Waals surface area contributed by atoms with Gasteiger partial charge >= 0.3 is 12.0 Å². The number of ether oxygens (including phenoxy) is 1. The van der Waals surface area contributed by atoms with E-state index in [4.69, 9.17) is 4.74 Å². The Morgan fingerprint density at radius 3 is 2.59 bits per heavy atom. The average Bonchev–Trinajstić information content (AvgIpc) is 3.05. The first-order valence-electron chi connectivity index (χ1n) is 8.39. The lowest BCUT2D eigenvalue weighted by atomic mass is 10.1. The molecule has 0 aromatic heterocycles. The van der Waals surface area contributed by atoms with Gasteiger partial charge in [-0.3, -0.25) is 14.9 Å². The number of nitrogens with zero attached hydrogens (tertiary/aromatic N) is 1. The third-order valence-electron chi connectivity index (χ3n) is 4.13. The van der Waals surface area contributed by atoms with E-state index in [1.54, 1.807) is 6.07 Å². The third kappa shape index (κ3) is 5.76. The van der Waals surface area contributed by atoms with E-state index in [1.165, 1.54) is 0 Å². The average molecular weight is 397 g/mol. The maximum atomic E-state index is 12.1. The molecule has 0 aliphatic carbocycles. The number of imide groups is 1. The summed E-state index contributed by atoms with van der Waals surface area (Å²) >= 11 is 0. The van der Waals surface area contributed by atoms with Crippen LogP contribution in [0.4, 0.5) is 10.5 Å². The molecule has 10 heteroatoms. The van der Waals surface area contributed by atoms with Crippen molar-refractivity contribution < 1.29 is 27.5 Å². The van der Waals surface area contributed by atoms with Crippen molar-refractivity contribution in [1.29, 1.82) is 0 Å². The fourth-order valence-electron chi connectivity index (χ4n) is 2.88. The molecule has 1 fully saturated rings. The molecule has 1 aromatic carbocycles. The Kier molecular flexibility index (Phi) is 6.55. The zero-order valence-corrected chi connectivity index (χ0v) is 16.3. The van der Waals surface area contributed by atoms with E-state index >= 15 is 0 Å². The highest BCUT2D eigenvalue weighted by atomic mass is 32.2. The maximum absolute atomic E-state index is 12.1. The monoisotopic (exact) mass is 397 g/mol. The van der Waals surface area contributed by atoms with Crippen LogP contribution in [0.3, 0.4) is 0 Å². The molecule has 1 aliphatic heterocycles. The number of carbonyl (C=O) groups excluding carboxylic acids is 3. The standard InChI is InChI=1S/C17H23N3O6S/c1-11-6-7-13(12(2)9-11)18-17(23)19-15(21)10-26-16(22)14-5-4-8-20(14)27(3,24)25/h6-7,9,14H,4-5,8,10H2,1-3H3,(H2,18,19,21,23). The minimum atomic E-state index is -3.53. The van der Waals surface area contributed by atoms with Crippen molar-refractivity contribution in [1.82, 2.24) is 9.62 Å². The van der Waals surface area contributed by atoms with Crippen LogP contribution in [0.1, 0.15) is 24.0 Å². The van der Waals surface area contributed by atoms with E-state index in [-0.39, 0.29) is 6.54 Å². The first-order valence-corrected chi connectivity index (χ1v) is 10.2. The summed E-state index contributed by atoms with van der Waals surface area (Å²) in [6, 6.07) is 3.74. The molecule has 0 saturated carbocycles. The second kappa shape index (κ2) is 8.49. The molecule has 27 heavy (non-hydrogen) atoms. The van der Waals surface area contributed by atoms with Crippen LogP contribution in [0.25, 0.3) is 0 Å². The van der Waals surface area contributed by atoms with Gasteiger partial charge in [0.2, 0.25) is 10.0 Å². The molecule has 1 unspecified atom stereocenters. The van der Waals surface area contributed by atoms with Crippen LogP contribution in [-0.4, -0.2) is 56.1 Å². The third-order valence-corrected chi connectivity index (χ3v) is 5.42. The molecule has 148 valence electrons. The zero-order chi connectivity index (χ0) is 20.2. The van der Waals surface area contributed by atoms with Gasteiger partial charge in [-0.05, 0) is 38.3 Å². The molecule has 0 bridgehead atoms. The molecular formula is C17H23N3O6S. The van der Waals surface area contributed by atoms with Gasteiger partial charge in [0.05, 0.1) is 6.26 Å². The van der Waals surface area contributed by atoms with E-state index in [2.05, 4.69) is 10.6 Å². The van der Waals surface area contributed by atoms with E-state index in [1.807, 2.05) is 26.0 Å². The predicted molar refractivity (Wildman–Crippen MR) is 98.6 cm³/mol. The smallest absolute Gasteiger partial charge is 0.325 e. The van der Waals surface area contributed by atoms with E-state index in [0.29, 0.717) is 18.5 Å². The molecule has 1 aliphatic rings. The van der Waals surface area contributed by atoms with E-state index in [0.717, 1.165) is 21.7 Å². The number of anilines is 1. The molecule has 3 amide bonds. The fourth-order valence-corrected chi connectivity index (χ4v) is 3.99. The number of amides is 3. The highest BCUT2D eigenvalue weighted by molar-refractivity contribution is 7.88. The van der Waals surface area contributed by atoms with Gasteiger partial charge in [-0.25, -0.2) is 13.2 Å². The van der Waals surface area contributed by atoms with Gasteiger partial charge in [-0.2, -0.15) is 4.31 Å². The number of benzene rings is 1. The molecular weight excluding hydrogens is 374 g/mol. The van der Waals surface area contributed by atoms with Gasteiger partial charge in [0, 0.05) is 12.2 Å². The highest BCUT2D eigenvalue weighted by Gasteiger charge is 2.37. The Morgan fingerprint density at radius 2 is 1.96 bits per heavy atom. The number of nitrogens with one attached hydrogen (secondary N) is 2. The quantitative estimate of drug-likeness (QED) is 0.713. The largest absolute Gasteiger partial charge is 0.454 e. The predicted octanol–water partition coefficient (Wildman–Crippen LogP) is 0.919. The van der Waals surface area contributed by atoms with Crippen LogP contribution in [0.5, 0.6) is 0 Å². The number of sulfonamides is 1. The van der Waals surface area contributed by atoms with Crippen molar-refractivity contribution in [2.24, 2.45) is 0 Å². The Bertz CT molecular complexity index is 852. The molecule has 2 N–H and O–H groups in total. The number of hydrogen-bond donors (Lipinski definition) is 2. The number of aryl methyl sites for hydroxylation is 2. The summed E-state index contributed by atoms with van der Waals surface area (Å²) in [5, 5.41) is 4.60. The molecule has 1 aromatic rings. The Labute approximate surface area is 158 Å². The molecule has 9 nitrogen and oxygen atoms in total. The lowest BCUT2D eigenvalue weighted by Crippen LogP contribution is -2.42. The van der Waals surface area contributed by atoms with Crippen molar-refractivity contribution >= 4 is 33.6 Å². The van der Waals surface area contributed by atoms with Crippen molar-refractivity contribution in [2.45, 2.75) is 32.7 Å². The normalized spacial score (nSPS) is 17.4. The van der Waals surface area contributed by atoms with Crippen LogP contribution in [0, 0.1) is 13.8 Å². The summed E-state index contributed by atoms with van der Waals surface area (Å²) in [5.41, 5.74) is 2.43. The Hall–Kier alpha value is -2.46. The van der Waals surface area contributed by atoms with Crippen LogP contribution >= 0.6 is 0 Å². The summed E-state index contributed by atoms with van der Waals surface area (Å²) < 4.78 is 29.2. The maximum Gasteiger partial charge on any atom is 0.325 e. The molecule has 0 radical (unpaired) electrons. The van der Waals surface area contributed by atoms with Crippen LogP contribution in [0.15, 0.2) is 18.2 Å². The molecule has 1 heterocycles. The number of urea groups is 1. The number of carbonyl (C=O) groups is 3. The summed E-state index contributed by atoms with van der Waals surface area (Å²) in [6.07, 6.45) is 1.89. The summed E-state index contributed by atoms with van der Waals surface area (Å²) in [6.45, 7) is 3.31. The number of esters is 1. The lowest BCUT2D eigenvalue weighted by Gasteiger charge is -2.20. The van der Waals surface area contributed by atoms with Crippen molar-refractivity contribution in [3.05, 3.63) is 29.3 Å². The zero-order valence-electron chi connectivity index (χ0n) is 15.4. The minimum Gasteiger partial charge on any atom is -0.454 e. The first kappa shape index (κ1) is 20.8. The van der Waals surface area contributed by atoms with Gasteiger partial charge in [0.25, 0.3) is 5.91 Å². The van der Waals surface area contributed by atoms with Crippen LogP contribution < -0.4 is 10.6 Å². The summed E-state index contributed by atoms with van der Waals surface area (Å²) in [4.78, 5) is 35.7. The van der Waals surface area contributed by atoms with Crippen LogP contribution in [-0.2, 0) is 24.3 Å². The number of hydrogen-bond acceptors (Lipinski definition) is 6. The Morgan fingerprint density at radius 1 is 1.26 bits per heavy atom. The minimum absolute atomic E-state index is 0.239. The van der Waals surface area contributed by atoms with Gasteiger partial charge in [0.1, 0.15) is 6.04 Å². The second-order valence-corrected chi connectivity index (χ2v) is 8.40. The van der Waals surface area contributed by atoms with Gasteiger partial charge in [0.15, 0.2) is 6.61 Å². The van der Waals surface area contributed by atoms with Crippen molar-refractivity contribution in [2.75, 3.05) is 24.7 Å². The van der Waals surface area contributed by atoms with Gasteiger partial charge in [-0.15, -0.1) is 0 Å². The van der Waals surface area contributed by atoms with Crippen LogP contribution in [0.2, 0.25) is 0 Å². The second-order valence-electron chi connectivity index (χ2n) is 6.46. The topological polar surface area (TPSA) is 122 Å².